The molecular formula is C29H31ClF3NO4S. The quantitative estimate of drug-likeness (QED) is 0.476. The smallest absolute Gasteiger partial charge is 0.226 e. The van der Waals surface area contributed by atoms with Gasteiger partial charge in [-0.15, -0.1) is 0 Å². The van der Waals surface area contributed by atoms with Gasteiger partial charge < -0.3 is 5.11 Å². The third kappa shape index (κ3) is 3.19. The second-order valence-corrected chi connectivity index (χ2v) is 13.7. The number of fused-ring (bicyclic) bond motifs is 7. The lowest BCUT2D eigenvalue weighted by molar-refractivity contribution is -0.254. The molecule has 4 fully saturated rings. The van der Waals surface area contributed by atoms with Crippen LogP contribution in [0, 0.1) is 28.1 Å². The second-order valence-electron chi connectivity index (χ2n) is 12.3. The lowest BCUT2D eigenvalue weighted by atomic mass is 9.40. The lowest BCUT2D eigenvalue weighted by Crippen LogP contribution is -2.73. The third-order valence-electron chi connectivity index (χ3n) is 11.0. The molecule has 0 spiro atoms. The van der Waals surface area contributed by atoms with Crippen LogP contribution in [0.3, 0.4) is 0 Å². The predicted molar refractivity (Wildman–Crippen MR) is 143 cm³/mol. The number of benzene rings is 1. The fourth-order valence-corrected chi connectivity index (χ4v) is 9.92. The molecule has 1 N–H and O–H groups in total. The van der Waals surface area contributed by atoms with Crippen LogP contribution in [0.1, 0.15) is 40.0 Å². The normalized spacial score (nSPS) is 46.3. The molecular weight excluding hydrogens is 551 g/mol. The molecule has 0 amide bonds. The number of nitrogens with zero attached hydrogens (tertiary/aromatic N) is 1. The summed E-state index contributed by atoms with van der Waals surface area (Å²) in [6.45, 7) is 5.47. The highest BCUT2D eigenvalue weighted by Gasteiger charge is 2.83. The Morgan fingerprint density at radius 2 is 2.03 bits per heavy atom. The summed E-state index contributed by atoms with van der Waals surface area (Å²) in [5.74, 6) is -1.88. The largest absolute Gasteiger partial charge is 0.390 e. The van der Waals surface area contributed by atoms with E-state index in [1.165, 1.54) is 12.2 Å². The van der Waals surface area contributed by atoms with Gasteiger partial charge in [-0.2, -0.15) is 0 Å². The summed E-state index contributed by atoms with van der Waals surface area (Å²) < 4.78 is 47.2. The minimum atomic E-state index is -2.30. The third-order valence-corrected chi connectivity index (χ3v) is 11.9. The Kier molecular flexibility index (Phi) is 6.03. The first kappa shape index (κ1) is 27.4. The minimum absolute atomic E-state index is 0.0420. The maximum Gasteiger partial charge on any atom is 0.226 e. The molecule has 1 aliphatic heterocycles. The van der Waals surface area contributed by atoms with Crippen molar-refractivity contribution in [1.29, 1.82) is 0 Å². The molecule has 6 rings (SSSR count). The highest BCUT2D eigenvalue weighted by Crippen LogP contribution is 2.78. The number of hydroxylamine groups is 1. The number of aliphatic hydroxyl groups excluding tert-OH is 1. The van der Waals surface area contributed by atoms with Crippen LogP contribution >= 0.6 is 23.4 Å². The number of alkyl halides is 3. The zero-order chi connectivity index (χ0) is 28.2. The van der Waals surface area contributed by atoms with Gasteiger partial charge in [-0.1, -0.05) is 49.4 Å². The summed E-state index contributed by atoms with van der Waals surface area (Å²) in [4.78, 5) is 32.5. The van der Waals surface area contributed by atoms with Gasteiger partial charge in [0.2, 0.25) is 5.12 Å². The number of carbonyl (C=O) groups excluding carboxylic acids is 2. The first-order valence-electron chi connectivity index (χ1n) is 13.2. The van der Waals surface area contributed by atoms with Crippen LogP contribution in [0.25, 0.3) is 0 Å². The number of thioether (sulfide) groups is 1. The van der Waals surface area contributed by atoms with Gasteiger partial charge >= 0.3 is 0 Å². The fraction of sp³-hybridized carbons (Fsp3) is 0.586. The summed E-state index contributed by atoms with van der Waals surface area (Å²) in [5.41, 5.74) is -6.91. The van der Waals surface area contributed by atoms with Gasteiger partial charge in [0.25, 0.3) is 0 Å². The number of carbonyl (C=O) groups is 2. The molecule has 39 heavy (non-hydrogen) atoms. The second kappa shape index (κ2) is 8.60. The van der Waals surface area contributed by atoms with Crippen molar-refractivity contribution in [2.24, 2.45) is 28.1 Å². The van der Waals surface area contributed by atoms with E-state index < -0.39 is 68.5 Å². The van der Waals surface area contributed by atoms with E-state index in [1.807, 2.05) is 6.92 Å². The molecule has 1 saturated heterocycles. The number of allylic oxidation sites excluding steroid dienone is 4. The van der Waals surface area contributed by atoms with Crippen molar-refractivity contribution in [3.8, 4) is 0 Å². The summed E-state index contributed by atoms with van der Waals surface area (Å²) in [5, 5.41) is 13.2. The van der Waals surface area contributed by atoms with E-state index in [4.69, 9.17) is 16.4 Å². The Morgan fingerprint density at radius 3 is 2.72 bits per heavy atom. The van der Waals surface area contributed by atoms with Crippen LogP contribution in [0.4, 0.5) is 18.9 Å². The van der Waals surface area contributed by atoms with Gasteiger partial charge in [-0.3, -0.25) is 19.5 Å². The fourth-order valence-electron chi connectivity index (χ4n) is 8.99. The van der Waals surface area contributed by atoms with E-state index in [1.54, 1.807) is 43.2 Å². The van der Waals surface area contributed by atoms with Crippen molar-refractivity contribution < 1.29 is 32.7 Å². The Hall–Kier alpha value is -1.81. The molecule has 0 bridgehead atoms. The maximum absolute atomic E-state index is 17.7. The number of anilines is 1. The van der Waals surface area contributed by atoms with Gasteiger partial charge in [-0.05, 0) is 67.5 Å². The highest BCUT2D eigenvalue weighted by atomic mass is 35.5. The van der Waals surface area contributed by atoms with Gasteiger partial charge in [-0.25, -0.2) is 13.2 Å². The number of halogens is 4. The molecule has 210 valence electrons. The minimum Gasteiger partial charge on any atom is -0.390 e. The average Bonchev–Trinajstić information content (AvgIpc) is 3.34. The lowest BCUT2D eigenvalue weighted by Gasteiger charge is -2.67. The van der Waals surface area contributed by atoms with Crippen LogP contribution < -0.4 is 5.06 Å². The topological polar surface area (TPSA) is 66.8 Å². The highest BCUT2D eigenvalue weighted by molar-refractivity contribution is 8.13. The molecule has 1 aromatic rings. The Bertz CT molecular complexity index is 1330. The van der Waals surface area contributed by atoms with Crippen LogP contribution in [-0.2, 0) is 14.4 Å². The Morgan fingerprint density at radius 1 is 1.28 bits per heavy atom. The molecule has 0 aromatic heterocycles. The average molecular weight is 582 g/mol. The van der Waals surface area contributed by atoms with Crippen molar-refractivity contribution in [3.05, 3.63) is 53.1 Å². The molecule has 0 radical (unpaired) electrons. The van der Waals surface area contributed by atoms with Crippen LogP contribution in [-0.4, -0.2) is 52.1 Å². The van der Waals surface area contributed by atoms with Crippen LogP contribution in [0.15, 0.2) is 48.1 Å². The van der Waals surface area contributed by atoms with Gasteiger partial charge in [0.1, 0.15) is 12.2 Å². The number of ketones is 1. The van der Waals surface area contributed by atoms with Crippen molar-refractivity contribution in [3.63, 3.8) is 0 Å². The van der Waals surface area contributed by atoms with Crippen LogP contribution in [0.5, 0.6) is 0 Å². The Labute approximate surface area is 234 Å². The van der Waals surface area contributed by atoms with Gasteiger partial charge in [0.15, 0.2) is 17.1 Å². The molecule has 10 heteroatoms. The summed E-state index contributed by atoms with van der Waals surface area (Å²) in [6.07, 6.45) is 0.509. The monoisotopic (exact) mass is 581 g/mol. The van der Waals surface area contributed by atoms with Crippen molar-refractivity contribution >= 4 is 39.9 Å². The molecule has 1 aromatic carbocycles. The molecule has 5 aliphatic rings. The van der Waals surface area contributed by atoms with Crippen molar-refractivity contribution in [2.75, 3.05) is 17.6 Å². The molecule has 9 atom stereocenters. The van der Waals surface area contributed by atoms with E-state index in [0.29, 0.717) is 28.9 Å². The van der Waals surface area contributed by atoms with Crippen LogP contribution in [0.2, 0.25) is 5.02 Å². The molecule has 3 saturated carbocycles. The zero-order valence-corrected chi connectivity index (χ0v) is 23.5. The van der Waals surface area contributed by atoms with Crippen molar-refractivity contribution in [1.82, 2.24) is 0 Å². The van der Waals surface area contributed by atoms with E-state index in [0.717, 1.165) is 6.08 Å². The number of aliphatic hydroxyl groups is 1. The molecule has 4 aliphatic carbocycles. The van der Waals surface area contributed by atoms with E-state index in [-0.39, 0.29) is 25.0 Å². The first-order valence-corrected chi connectivity index (χ1v) is 14.6. The summed E-state index contributed by atoms with van der Waals surface area (Å²) in [6, 6.07) is 6.00. The summed E-state index contributed by atoms with van der Waals surface area (Å²) >= 11 is 6.72. The van der Waals surface area contributed by atoms with E-state index >= 15 is 8.78 Å². The predicted octanol–water partition coefficient (Wildman–Crippen LogP) is 5.95. The first-order chi connectivity index (χ1) is 18.3. The van der Waals surface area contributed by atoms with E-state index in [9.17, 15) is 19.1 Å². The molecule has 0 unspecified atom stereocenters. The molecule has 1 heterocycles. The molecule has 5 nitrogen and oxygen atoms in total. The van der Waals surface area contributed by atoms with Gasteiger partial charge in [0.05, 0.1) is 18.3 Å². The van der Waals surface area contributed by atoms with Crippen molar-refractivity contribution in [2.45, 2.75) is 63.6 Å². The van der Waals surface area contributed by atoms with Gasteiger partial charge in [0, 0.05) is 27.7 Å². The number of rotatable bonds is 3. The SMILES string of the molecule is C[C@]12C[C@H](O)[C@@]3(F)[C@@H](C[C@H](F)C4=CC(=O)C=C[C@@]43C)[C@]1(C)C[C@H]1CN(c3cccc(Cl)c3)O[C@]12C(=O)SCF. The number of hydrogen-bond acceptors (Lipinski definition) is 6. The standard InChI is InChI=1S/C29H31ClF3NO4S/c1-25-8-7-19(35)10-20(25)21(32)11-22-26(2)12-16-14-34(18-6-4-5-17(30)9-18)38-29(16,24(37)39-15-31)27(26,3)13-23(36)28(22,25)33/h4-10,16,21-23,36H,11-15H2,1-3H3/t16-,21-,22-,23-,25-,26-,27-,28-,29-/m0/s1. The zero-order valence-electron chi connectivity index (χ0n) is 21.9. The summed E-state index contributed by atoms with van der Waals surface area (Å²) in [7, 11) is 0. The Balaban J connectivity index is 1.49. The maximum atomic E-state index is 17.7. The van der Waals surface area contributed by atoms with E-state index in [2.05, 4.69) is 0 Å². The number of hydrogen-bond donors (Lipinski definition) is 1.